The second kappa shape index (κ2) is 4.72. The average molecular weight is 265 g/mol. The summed E-state index contributed by atoms with van der Waals surface area (Å²) in [5, 5.41) is 21.8. The Hall–Kier alpha value is -1.77. The number of hydrogen-bond donors (Lipinski definition) is 3. The number of anilines is 1. The van der Waals surface area contributed by atoms with Gasteiger partial charge in [0, 0.05) is 13.5 Å². The number of aliphatic hydroxyl groups excluding tert-OH is 2. The van der Waals surface area contributed by atoms with Crippen LogP contribution in [0, 0.1) is 0 Å². The molecule has 0 aromatic carbocycles. The molecule has 0 bridgehead atoms. The maximum Gasteiger partial charge on any atom is 0.167 e. The Morgan fingerprint density at radius 3 is 3.00 bits per heavy atom. The van der Waals surface area contributed by atoms with Crippen LogP contribution in [0.25, 0.3) is 11.2 Å². The minimum atomic E-state index is -0.682. The maximum absolute atomic E-state index is 9.77. The molecule has 0 aliphatic carbocycles. The average Bonchev–Trinajstić information content (AvgIpc) is 3.01. The van der Waals surface area contributed by atoms with Gasteiger partial charge in [-0.25, -0.2) is 15.0 Å². The second-order valence-corrected chi connectivity index (χ2v) is 4.41. The largest absolute Gasteiger partial charge is 0.394 e. The van der Waals surface area contributed by atoms with Gasteiger partial charge in [-0.3, -0.25) is 4.57 Å². The summed E-state index contributed by atoms with van der Waals surface area (Å²) in [5.41, 5.74) is 1.28. The van der Waals surface area contributed by atoms with Crippen molar-refractivity contribution in [2.75, 3.05) is 19.0 Å². The lowest BCUT2D eigenvalue weighted by atomic mass is 10.2. The molecule has 19 heavy (non-hydrogen) atoms. The third kappa shape index (κ3) is 1.93. The SMILES string of the molecule is CNc1ncnc2c1ncn2C1C[C@H](O)[C@@H](CO)O1. The number of hydrogen-bond acceptors (Lipinski definition) is 7. The molecule has 0 radical (unpaired) electrons. The standard InChI is InChI=1S/C11H15N5O3/c1-12-10-9-11(14-4-13-10)16(5-15-9)8-2-6(18)7(3-17)19-8/h4-8,17-18H,2-3H2,1H3,(H,12,13,14)/t6-,7+,8?/m0/s1. The molecule has 1 fully saturated rings. The molecular weight excluding hydrogens is 250 g/mol. The van der Waals surface area contributed by atoms with Gasteiger partial charge in [-0.2, -0.15) is 0 Å². The van der Waals surface area contributed by atoms with E-state index in [1.807, 2.05) is 0 Å². The van der Waals surface area contributed by atoms with Crippen LogP contribution in [0.1, 0.15) is 12.6 Å². The van der Waals surface area contributed by atoms with Gasteiger partial charge >= 0.3 is 0 Å². The number of ether oxygens (including phenoxy) is 1. The van der Waals surface area contributed by atoms with Crippen molar-refractivity contribution in [3.63, 3.8) is 0 Å². The molecule has 0 saturated carbocycles. The zero-order valence-corrected chi connectivity index (χ0v) is 10.4. The van der Waals surface area contributed by atoms with Gasteiger partial charge in [0.25, 0.3) is 0 Å². The third-order valence-corrected chi connectivity index (χ3v) is 3.29. The summed E-state index contributed by atoms with van der Waals surface area (Å²) in [5.74, 6) is 0.640. The summed E-state index contributed by atoms with van der Waals surface area (Å²) in [7, 11) is 1.76. The van der Waals surface area contributed by atoms with E-state index in [9.17, 15) is 5.11 Å². The summed E-state index contributed by atoms with van der Waals surface area (Å²) in [6.45, 7) is -0.207. The van der Waals surface area contributed by atoms with Crippen LogP contribution in [-0.2, 0) is 4.74 Å². The summed E-state index contributed by atoms with van der Waals surface area (Å²) < 4.78 is 7.34. The van der Waals surface area contributed by atoms with E-state index in [0.717, 1.165) is 0 Å². The van der Waals surface area contributed by atoms with E-state index in [0.29, 0.717) is 23.4 Å². The molecule has 1 aliphatic heterocycles. The molecule has 8 heteroatoms. The van der Waals surface area contributed by atoms with Crippen LogP contribution in [0.2, 0.25) is 0 Å². The van der Waals surface area contributed by atoms with Crippen LogP contribution >= 0.6 is 0 Å². The van der Waals surface area contributed by atoms with Crippen molar-refractivity contribution in [1.29, 1.82) is 0 Å². The molecule has 102 valence electrons. The fourth-order valence-electron chi connectivity index (χ4n) is 2.30. The summed E-state index contributed by atoms with van der Waals surface area (Å²) in [6.07, 6.45) is 1.83. The fourth-order valence-corrected chi connectivity index (χ4v) is 2.30. The third-order valence-electron chi connectivity index (χ3n) is 3.29. The highest BCUT2D eigenvalue weighted by molar-refractivity contribution is 5.82. The first-order valence-electron chi connectivity index (χ1n) is 6.04. The number of nitrogens with zero attached hydrogens (tertiary/aromatic N) is 4. The Bertz CT molecular complexity index is 587. The summed E-state index contributed by atoms with van der Waals surface area (Å²) in [6, 6.07) is 0. The number of aromatic nitrogens is 4. The number of imidazole rings is 1. The van der Waals surface area contributed by atoms with Crippen LogP contribution in [0.5, 0.6) is 0 Å². The van der Waals surface area contributed by atoms with E-state index in [-0.39, 0.29) is 12.8 Å². The zero-order chi connectivity index (χ0) is 13.4. The fraction of sp³-hybridized carbons (Fsp3) is 0.545. The molecule has 0 spiro atoms. The van der Waals surface area contributed by atoms with Crippen molar-refractivity contribution in [3.05, 3.63) is 12.7 Å². The maximum atomic E-state index is 9.77. The molecule has 3 atom stereocenters. The number of rotatable bonds is 3. The highest BCUT2D eigenvalue weighted by Gasteiger charge is 2.35. The molecule has 8 nitrogen and oxygen atoms in total. The Morgan fingerprint density at radius 1 is 1.47 bits per heavy atom. The smallest absolute Gasteiger partial charge is 0.167 e. The van der Waals surface area contributed by atoms with Gasteiger partial charge < -0.3 is 20.3 Å². The van der Waals surface area contributed by atoms with Gasteiger partial charge in [0.1, 0.15) is 24.2 Å². The van der Waals surface area contributed by atoms with Crippen LogP contribution in [-0.4, -0.2) is 55.6 Å². The van der Waals surface area contributed by atoms with E-state index in [1.54, 1.807) is 17.9 Å². The van der Waals surface area contributed by atoms with Crippen molar-refractivity contribution in [2.24, 2.45) is 0 Å². The second-order valence-electron chi connectivity index (χ2n) is 4.41. The van der Waals surface area contributed by atoms with Gasteiger partial charge in [0.15, 0.2) is 11.5 Å². The summed E-state index contributed by atoms with van der Waals surface area (Å²) >= 11 is 0. The Morgan fingerprint density at radius 2 is 2.32 bits per heavy atom. The first-order valence-corrected chi connectivity index (χ1v) is 6.04. The van der Waals surface area contributed by atoms with E-state index in [1.165, 1.54) is 6.33 Å². The topological polar surface area (TPSA) is 105 Å². The van der Waals surface area contributed by atoms with Gasteiger partial charge in [0.05, 0.1) is 19.0 Å². The summed E-state index contributed by atoms with van der Waals surface area (Å²) in [4.78, 5) is 12.5. The molecule has 1 unspecified atom stereocenters. The monoisotopic (exact) mass is 265 g/mol. The lowest BCUT2D eigenvalue weighted by molar-refractivity contribution is -0.0432. The van der Waals surface area contributed by atoms with E-state index >= 15 is 0 Å². The van der Waals surface area contributed by atoms with Gasteiger partial charge in [-0.1, -0.05) is 0 Å². The normalized spacial score (nSPS) is 27.0. The van der Waals surface area contributed by atoms with Crippen molar-refractivity contribution in [2.45, 2.75) is 24.9 Å². The van der Waals surface area contributed by atoms with Crippen LogP contribution in [0.3, 0.4) is 0 Å². The molecule has 0 amide bonds. The predicted molar refractivity (Wildman–Crippen MR) is 66.5 cm³/mol. The Balaban J connectivity index is 1.98. The van der Waals surface area contributed by atoms with E-state index < -0.39 is 12.2 Å². The number of fused-ring (bicyclic) bond motifs is 1. The Kier molecular flexibility index (Phi) is 3.05. The van der Waals surface area contributed by atoms with Gasteiger partial charge in [-0.05, 0) is 0 Å². The lowest BCUT2D eigenvalue weighted by Crippen LogP contribution is -2.24. The van der Waals surface area contributed by atoms with Gasteiger partial charge in [-0.15, -0.1) is 0 Å². The molecule has 1 saturated heterocycles. The first-order chi connectivity index (χ1) is 9.24. The van der Waals surface area contributed by atoms with Gasteiger partial charge in [0.2, 0.25) is 0 Å². The molecular formula is C11H15N5O3. The molecule has 3 N–H and O–H groups in total. The minimum Gasteiger partial charge on any atom is -0.394 e. The van der Waals surface area contributed by atoms with Crippen LogP contribution in [0.15, 0.2) is 12.7 Å². The zero-order valence-electron chi connectivity index (χ0n) is 10.4. The Labute approximate surface area is 109 Å². The number of nitrogens with one attached hydrogen (secondary N) is 1. The van der Waals surface area contributed by atoms with E-state index in [2.05, 4.69) is 20.3 Å². The van der Waals surface area contributed by atoms with Crippen LogP contribution in [0.4, 0.5) is 5.82 Å². The van der Waals surface area contributed by atoms with Crippen molar-refractivity contribution in [3.8, 4) is 0 Å². The molecule has 3 rings (SSSR count). The van der Waals surface area contributed by atoms with Crippen molar-refractivity contribution < 1.29 is 14.9 Å². The lowest BCUT2D eigenvalue weighted by Gasteiger charge is -2.13. The highest BCUT2D eigenvalue weighted by Crippen LogP contribution is 2.31. The molecule has 3 heterocycles. The van der Waals surface area contributed by atoms with Crippen molar-refractivity contribution >= 4 is 17.0 Å². The predicted octanol–water partition coefficient (Wildman–Crippen LogP) is -0.491. The van der Waals surface area contributed by atoms with E-state index in [4.69, 9.17) is 9.84 Å². The molecule has 2 aromatic heterocycles. The molecule has 2 aromatic rings. The highest BCUT2D eigenvalue weighted by atomic mass is 16.5. The first kappa shape index (κ1) is 12.3. The quantitative estimate of drug-likeness (QED) is 0.687. The van der Waals surface area contributed by atoms with Crippen molar-refractivity contribution in [1.82, 2.24) is 19.5 Å². The number of aliphatic hydroxyl groups is 2. The minimum absolute atomic E-state index is 0.207. The molecule has 1 aliphatic rings. The van der Waals surface area contributed by atoms with Crippen LogP contribution < -0.4 is 5.32 Å².